The van der Waals surface area contributed by atoms with Crippen molar-refractivity contribution in [2.75, 3.05) is 7.11 Å². The molecule has 0 aliphatic carbocycles. The van der Waals surface area contributed by atoms with Crippen molar-refractivity contribution in [1.82, 2.24) is 9.66 Å². The number of methoxy groups -OCH3 is 1. The van der Waals surface area contributed by atoms with E-state index in [1.54, 1.807) is 19.4 Å². The molecule has 3 aromatic rings. The van der Waals surface area contributed by atoms with E-state index in [1.165, 1.54) is 4.68 Å². The van der Waals surface area contributed by atoms with Gasteiger partial charge in [-0.25, -0.2) is 4.98 Å². The molecule has 30 heavy (non-hydrogen) atoms. The lowest BCUT2D eigenvalue weighted by atomic mass is 10.2. The second-order valence-electron chi connectivity index (χ2n) is 7.34. The summed E-state index contributed by atoms with van der Waals surface area (Å²) in [6, 6.07) is 9.16. The van der Waals surface area contributed by atoms with Crippen molar-refractivity contribution in [3.63, 3.8) is 0 Å². The van der Waals surface area contributed by atoms with Crippen molar-refractivity contribution < 1.29 is 9.47 Å². The normalized spacial score (nSPS) is 11.8. The number of hydrogen-bond acceptors (Lipinski definition) is 5. The molecule has 6 nitrogen and oxygen atoms in total. The van der Waals surface area contributed by atoms with Crippen LogP contribution in [0.2, 0.25) is 0 Å². The van der Waals surface area contributed by atoms with Crippen molar-refractivity contribution in [3.8, 4) is 11.5 Å². The number of fused-ring (bicyclic) bond motifs is 1. The third-order valence-electron chi connectivity index (χ3n) is 4.28. The van der Waals surface area contributed by atoms with Gasteiger partial charge in [0.05, 0.1) is 30.3 Å². The van der Waals surface area contributed by atoms with Crippen LogP contribution in [0, 0.1) is 0 Å². The summed E-state index contributed by atoms with van der Waals surface area (Å²) < 4.78 is 14.4. The summed E-state index contributed by atoms with van der Waals surface area (Å²) in [7, 11) is 1.59. The van der Waals surface area contributed by atoms with Gasteiger partial charge in [-0.15, -0.1) is 0 Å². The number of aromatic nitrogens is 2. The summed E-state index contributed by atoms with van der Waals surface area (Å²) in [6.45, 7) is 7.84. The van der Waals surface area contributed by atoms with E-state index in [9.17, 15) is 4.79 Å². The number of benzene rings is 2. The predicted octanol–water partition coefficient (Wildman–Crippen LogP) is 5.72. The van der Waals surface area contributed by atoms with Crippen LogP contribution in [0.25, 0.3) is 10.9 Å². The molecule has 0 amide bonds. The van der Waals surface area contributed by atoms with Gasteiger partial charge in [0.15, 0.2) is 11.5 Å². The summed E-state index contributed by atoms with van der Waals surface area (Å²) in [5.41, 5.74) is 1.10. The maximum Gasteiger partial charge on any atom is 0.282 e. The fourth-order valence-corrected chi connectivity index (χ4v) is 3.78. The van der Waals surface area contributed by atoms with E-state index in [0.717, 1.165) is 8.95 Å². The molecule has 0 fully saturated rings. The zero-order valence-corrected chi connectivity index (χ0v) is 20.6. The van der Waals surface area contributed by atoms with Crippen LogP contribution in [0.1, 0.15) is 45.0 Å². The number of nitrogens with zero attached hydrogens (tertiary/aromatic N) is 3. The molecular formula is C22H23Br2N3O3. The highest BCUT2D eigenvalue weighted by Crippen LogP contribution is 2.34. The molecule has 0 aliphatic heterocycles. The van der Waals surface area contributed by atoms with Gasteiger partial charge in [0, 0.05) is 20.4 Å². The zero-order valence-electron chi connectivity index (χ0n) is 17.4. The quantitative estimate of drug-likeness (QED) is 0.378. The van der Waals surface area contributed by atoms with Gasteiger partial charge >= 0.3 is 0 Å². The second-order valence-corrected chi connectivity index (χ2v) is 9.17. The fraction of sp³-hybridized carbons (Fsp3) is 0.318. The lowest BCUT2D eigenvalue weighted by Gasteiger charge is -2.16. The van der Waals surface area contributed by atoms with E-state index in [0.29, 0.717) is 33.8 Å². The molecule has 0 unspecified atom stereocenters. The Labute approximate surface area is 192 Å². The number of halogens is 2. The number of ether oxygens (including phenoxy) is 2. The smallest absolute Gasteiger partial charge is 0.282 e. The van der Waals surface area contributed by atoms with Crippen LogP contribution in [-0.4, -0.2) is 29.1 Å². The molecule has 3 rings (SSSR count). The third-order valence-corrected chi connectivity index (χ3v) is 5.23. The van der Waals surface area contributed by atoms with Crippen molar-refractivity contribution >= 4 is 49.0 Å². The topological polar surface area (TPSA) is 65.7 Å². The third kappa shape index (κ3) is 4.75. The van der Waals surface area contributed by atoms with Crippen molar-refractivity contribution in [3.05, 3.63) is 61.0 Å². The van der Waals surface area contributed by atoms with Gasteiger partial charge in [-0.3, -0.25) is 4.79 Å². The van der Waals surface area contributed by atoms with Gasteiger partial charge in [0.1, 0.15) is 5.82 Å². The Morgan fingerprint density at radius 2 is 1.83 bits per heavy atom. The SMILES string of the molecule is COc1cc(Br)cc(C=Nn2c(C(C)C)nc3ccc(Br)cc3c2=O)c1OC(C)C. The van der Waals surface area contributed by atoms with E-state index in [2.05, 4.69) is 41.9 Å². The van der Waals surface area contributed by atoms with E-state index in [1.807, 2.05) is 52.0 Å². The number of hydrogen-bond donors (Lipinski definition) is 0. The summed E-state index contributed by atoms with van der Waals surface area (Å²) in [5.74, 6) is 1.73. The molecular weight excluding hydrogens is 514 g/mol. The minimum absolute atomic E-state index is 0.00586. The summed E-state index contributed by atoms with van der Waals surface area (Å²) >= 11 is 6.91. The Bertz CT molecular complexity index is 1170. The van der Waals surface area contributed by atoms with Crippen LogP contribution in [-0.2, 0) is 0 Å². The largest absolute Gasteiger partial charge is 0.493 e. The van der Waals surface area contributed by atoms with E-state index >= 15 is 0 Å². The van der Waals surface area contributed by atoms with Crippen LogP contribution < -0.4 is 15.0 Å². The highest BCUT2D eigenvalue weighted by molar-refractivity contribution is 9.10. The first-order valence-electron chi connectivity index (χ1n) is 9.52. The maximum atomic E-state index is 13.2. The monoisotopic (exact) mass is 535 g/mol. The van der Waals surface area contributed by atoms with Crippen LogP contribution >= 0.6 is 31.9 Å². The molecule has 2 aromatic carbocycles. The van der Waals surface area contributed by atoms with Gasteiger partial charge in [-0.1, -0.05) is 45.7 Å². The molecule has 0 spiro atoms. The fourth-order valence-electron chi connectivity index (χ4n) is 2.97. The first-order chi connectivity index (χ1) is 14.2. The van der Waals surface area contributed by atoms with Crippen LogP contribution in [0.4, 0.5) is 0 Å². The van der Waals surface area contributed by atoms with Gasteiger partial charge < -0.3 is 9.47 Å². The Balaban J connectivity index is 2.21. The summed E-state index contributed by atoms with van der Waals surface area (Å²) in [5, 5.41) is 5.00. The Morgan fingerprint density at radius 3 is 2.47 bits per heavy atom. The Kier molecular flexibility index (Phi) is 6.98. The molecule has 8 heteroatoms. The number of rotatable bonds is 6. The zero-order chi connectivity index (χ0) is 22.0. The van der Waals surface area contributed by atoms with Gasteiger partial charge in [0.25, 0.3) is 5.56 Å². The lowest BCUT2D eigenvalue weighted by Crippen LogP contribution is -2.23. The van der Waals surface area contributed by atoms with Gasteiger partial charge in [0.2, 0.25) is 0 Å². The van der Waals surface area contributed by atoms with Crippen LogP contribution in [0.3, 0.4) is 0 Å². The molecule has 0 aliphatic rings. The van der Waals surface area contributed by atoms with Crippen LogP contribution in [0.5, 0.6) is 11.5 Å². The predicted molar refractivity (Wildman–Crippen MR) is 127 cm³/mol. The van der Waals surface area contributed by atoms with Crippen molar-refractivity contribution in [2.45, 2.75) is 39.7 Å². The molecule has 1 aromatic heterocycles. The first kappa shape index (κ1) is 22.5. The highest BCUT2D eigenvalue weighted by atomic mass is 79.9. The molecule has 0 saturated heterocycles. The van der Waals surface area contributed by atoms with Crippen molar-refractivity contribution in [1.29, 1.82) is 0 Å². The first-order valence-corrected chi connectivity index (χ1v) is 11.1. The summed E-state index contributed by atoms with van der Waals surface area (Å²) in [6.07, 6.45) is 1.55. The maximum absolute atomic E-state index is 13.2. The summed E-state index contributed by atoms with van der Waals surface area (Å²) in [4.78, 5) is 17.9. The Hall–Kier alpha value is -2.19. The van der Waals surface area contributed by atoms with E-state index in [4.69, 9.17) is 9.47 Å². The van der Waals surface area contributed by atoms with Crippen molar-refractivity contribution in [2.24, 2.45) is 5.10 Å². The lowest BCUT2D eigenvalue weighted by molar-refractivity contribution is 0.229. The molecule has 0 radical (unpaired) electrons. The average Bonchev–Trinajstić information content (AvgIpc) is 2.68. The molecule has 158 valence electrons. The Morgan fingerprint density at radius 1 is 1.10 bits per heavy atom. The van der Waals surface area contributed by atoms with E-state index in [-0.39, 0.29) is 17.6 Å². The molecule has 0 saturated carbocycles. The molecule has 0 bridgehead atoms. The minimum Gasteiger partial charge on any atom is -0.493 e. The molecule has 0 atom stereocenters. The van der Waals surface area contributed by atoms with E-state index < -0.39 is 0 Å². The highest BCUT2D eigenvalue weighted by Gasteiger charge is 2.16. The van der Waals surface area contributed by atoms with Gasteiger partial charge in [-0.05, 0) is 44.2 Å². The second kappa shape index (κ2) is 9.31. The van der Waals surface area contributed by atoms with Crippen LogP contribution in [0.15, 0.2) is 49.2 Å². The van der Waals surface area contributed by atoms with Gasteiger partial charge in [-0.2, -0.15) is 9.78 Å². The minimum atomic E-state index is -0.227. The standard InChI is InChI=1S/C22H23Br2N3O3/c1-12(2)21-26-18-7-6-15(23)9-17(18)22(28)27(21)25-11-14-8-16(24)10-19(29-5)20(14)30-13(3)4/h6-13H,1-5H3. The molecule has 0 N–H and O–H groups in total. The molecule has 1 heterocycles. The average molecular weight is 537 g/mol.